The topological polar surface area (TPSA) is 112 Å². The molecule has 27 heavy (non-hydrogen) atoms. The van der Waals surface area contributed by atoms with Gasteiger partial charge >= 0.3 is 0 Å². The van der Waals surface area contributed by atoms with Crippen molar-refractivity contribution < 1.29 is 9.18 Å². The van der Waals surface area contributed by atoms with Crippen LogP contribution in [0.4, 0.5) is 10.1 Å². The minimum absolute atomic E-state index is 0.0387. The van der Waals surface area contributed by atoms with Crippen LogP contribution in [0.2, 0.25) is 0 Å². The van der Waals surface area contributed by atoms with Crippen LogP contribution in [0.1, 0.15) is 24.3 Å². The molecule has 140 valence electrons. The van der Waals surface area contributed by atoms with Crippen LogP contribution in [0, 0.1) is 0 Å². The van der Waals surface area contributed by atoms with E-state index in [0.29, 0.717) is 22.9 Å². The normalized spacial score (nSPS) is 11.5. The van der Waals surface area contributed by atoms with E-state index in [1.807, 2.05) is 0 Å². The van der Waals surface area contributed by atoms with E-state index in [1.165, 1.54) is 23.3 Å². The molecule has 0 aliphatic carbocycles. The lowest BCUT2D eigenvalue weighted by Gasteiger charge is -2.21. The lowest BCUT2D eigenvalue weighted by Crippen LogP contribution is -2.44. The molecule has 3 aromatic heterocycles. The fourth-order valence-electron chi connectivity index (χ4n) is 2.29. The Morgan fingerprint density at radius 2 is 2.07 bits per heavy atom. The molecule has 0 spiro atoms. The van der Waals surface area contributed by atoms with Crippen molar-refractivity contribution in [1.82, 2.24) is 30.0 Å². The molecule has 0 aliphatic heterocycles. The average molecular weight is 369 g/mol. The van der Waals surface area contributed by atoms with Gasteiger partial charge in [-0.3, -0.25) is 14.8 Å². The van der Waals surface area contributed by atoms with Crippen molar-refractivity contribution in [3.05, 3.63) is 48.7 Å². The number of aromatic nitrogens is 5. The molecule has 0 saturated heterocycles. The first-order valence-electron chi connectivity index (χ1n) is 8.32. The van der Waals surface area contributed by atoms with Gasteiger partial charge in [0, 0.05) is 17.9 Å². The standard InChI is InChI=1S/C18H20FN7O/c1-18(2,11-19)24-9-16(27)14-7-15(13-4-3-12(20)8-23-13)26(25-14)17-10-21-5-6-22-17/h3-8,10,24H,9,11,20H2,1-2H3. The Hall–Kier alpha value is -3.20. The summed E-state index contributed by atoms with van der Waals surface area (Å²) < 4.78 is 14.4. The Labute approximate surface area is 155 Å². The van der Waals surface area contributed by atoms with Gasteiger partial charge in [-0.25, -0.2) is 14.1 Å². The summed E-state index contributed by atoms with van der Waals surface area (Å²) in [7, 11) is 0. The second kappa shape index (κ2) is 7.58. The Balaban J connectivity index is 1.97. The SMILES string of the molecule is CC(C)(CF)NCC(=O)c1cc(-c2ccc(N)cn2)n(-c2cnccn2)n1. The number of anilines is 1. The van der Waals surface area contributed by atoms with E-state index < -0.39 is 12.2 Å². The van der Waals surface area contributed by atoms with Gasteiger partial charge in [0.05, 0.1) is 36.0 Å². The number of carbonyl (C=O) groups is 1. The molecule has 0 amide bonds. The fraction of sp³-hybridized carbons (Fsp3) is 0.278. The number of rotatable bonds is 7. The van der Waals surface area contributed by atoms with Crippen LogP contribution in [0.5, 0.6) is 0 Å². The molecule has 9 heteroatoms. The highest BCUT2D eigenvalue weighted by molar-refractivity contribution is 5.96. The average Bonchev–Trinajstić information content (AvgIpc) is 3.13. The second-order valence-corrected chi connectivity index (χ2v) is 6.66. The van der Waals surface area contributed by atoms with Crippen LogP contribution >= 0.6 is 0 Å². The van der Waals surface area contributed by atoms with Gasteiger partial charge in [-0.05, 0) is 32.0 Å². The van der Waals surface area contributed by atoms with Crippen LogP contribution < -0.4 is 11.1 Å². The molecular weight excluding hydrogens is 349 g/mol. The molecule has 0 radical (unpaired) electrons. The van der Waals surface area contributed by atoms with Crippen LogP contribution in [0.25, 0.3) is 17.2 Å². The number of halogens is 1. The summed E-state index contributed by atoms with van der Waals surface area (Å²) in [5, 5.41) is 7.25. The van der Waals surface area contributed by atoms with Crippen molar-refractivity contribution in [2.24, 2.45) is 0 Å². The Morgan fingerprint density at radius 3 is 2.70 bits per heavy atom. The first-order valence-corrected chi connectivity index (χ1v) is 8.32. The van der Waals surface area contributed by atoms with E-state index in [9.17, 15) is 9.18 Å². The summed E-state index contributed by atoms with van der Waals surface area (Å²) in [6, 6.07) is 5.07. The van der Waals surface area contributed by atoms with Crippen LogP contribution in [-0.2, 0) is 0 Å². The van der Waals surface area contributed by atoms with Gasteiger partial charge in [-0.15, -0.1) is 0 Å². The molecule has 0 unspecified atom stereocenters. The number of carbonyl (C=O) groups excluding carboxylic acids is 1. The molecule has 3 heterocycles. The molecule has 0 saturated carbocycles. The highest BCUT2D eigenvalue weighted by atomic mass is 19.1. The van der Waals surface area contributed by atoms with Gasteiger partial charge in [0.25, 0.3) is 0 Å². The van der Waals surface area contributed by atoms with Crippen molar-refractivity contribution in [2.45, 2.75) is 19.4 Å². The van der Waals surface area contributed by atoms with Gasteiger partial charge in [0.15, 0.2) is 11.6 Å². The molecule has 3 N–H and O–H groups in total. The summed E-state index contributed by atoms with van der Waals surface area (Å²) in [6.45, 7) is 2.74. The quantitative estimate of drug-likeness (QED) is 0.611. The Morgan fingerprint density at radius 1 is 1.26 bits per heavy atom. The zero-order valence-corrected chi connectivity index (χ0v) is 15.1. The number of nitrogens with two attached hydrogens (primary N) is 1. The third-order valence-electron chi connectivity index (χ3n) is 3.87. The third kappa shape index (κ3) is 4.32. The number of nitrogens with one attached hydrogen (secondary N) is 1. The number of nitrogens with zero attached hydrogens (tertiary/aromatic N) is 5. The molecule has 0 bridgehead atoms. The minimum atomic E-state index is -0.787. The molecule has 3 rings (SSSR count). The lowest BCUT2D eigenvalue weighted by atomic mass is 10.1. The fourth-order valence-corrected chi connectivity index (χ4v) is 2.29. The third-order valence-corrected chi connectivity index (χ3v) is 3.87. The molecule has 0 aromatic carbocycles. The monoisotopic (exact) mass is 369 g/mol. The zero-order chi connectivity index (χ0) is 19.4. The van der Waals surface area contributed by atoms with Crippen molar-refractivity contribution in [2.75, 3.05) is 19.0 Å². The predicted octanol–water partition coefficient (Wildman–Crippen LogP) is 1.83. The van der Waals surface area contributed by atoms with Gasteiger partial charge < -0.3 is 11.1 Å². The van der Waals surface area contributed by atoms with E-state index in [2.05, 4.69) is 25.4 Å². The minimum Gasteiger partial charge on any atom is -0.397 e. The van der Waals surface area contributed by atoms with E-state index in [1.54, 1.807) is 38.2 Å². The summed E-state index contributed by atoms with van der Waals surface area (Å²) in [4.78, 5) is 25.1. The zero-order valence-electron chi connectivity index (χ0n) is 15.1. The number of ketones is 1. The van der Waals surface area contributed by atoms with Gasteiger partial charge in [0.1, 0.15) is 12.4 Å². The maximum Gasteiger partial charge on any atom is 0.196 e. The number of pyridine rings is 1. The summed E-state index contributed by atoms with van der Waals surface area (Å²) in [6.07, 6.45) is 6.13. The van der Waals surface area contributed by atoms with E-state index in [-0.39, 0.29) is 18.0 Å². The van der Waals surface area contributed by atoms with E-state index in [0.717, 1.165) is 0 Å². The largest absolute Gasteiger partial charge is 0.397 e. The first-order chi connectivity index (χ1) is 12.9. The predicted molar refractivity (Wildman–Crippen MR) is 99.2 cm³/mol. The summed E-state index contributed by atoms with van der Waals surface area (Å²) in [5.74, 6) is 0.179. The Bertz CT molecular complexity index is 923. The lowest BCUT2D eigenvalue weighted by molar-refractivity contribution is 0.0972. The van der Waals surface area contributed by atoms with Crippen LogP contribution in [0.3, 0.4) is 0 Å². The smallest absolute Gasteiger partial charge is 0.196 e. The molecule has 3 aromatic rings. The second-order valence-electron chi connectivity index (χ2n) is 6.66. The molecule has 8 nitrogen and oxygen atoms in total. The number of hydrogen-bond acceptors (Lipinski definition) is 7. The highest BCUT2D eigenvalue weighted by Crippen LogP contribution is 2.22. The van der Waals surface area contributed by atoms with E-state index in [4.69, 9.17) is 5.73 Å². The van der Waals surface area contributed by atoms with Gasteiger partial charge in [-0.2, -0.15) is 5.10 Å². The summed E-state index contributed by atoms with van der Waals surface area (Å²) in [5.41, 5.74) is 6.81. The van der Waals surface area contributed by atoms with Crippen molar-refractivity contribution in [1.29, 1.82) is 0 Å². The summed E-state index contributed by atoms with van der Waals surface area (Å²) >= 11 is 0. The van der Waals surface area contributed by atoms with E-state index >= 15 is 0 Å². The van der Waals surface area contributed by atoms with Crippen molar-refractivity contribution in [3.8, 4) is 17.2 Å². The maximum atomic E-state index is 12.9. The number of nitrogen functional groups attached to an aromatic ring is 1. The van der Waals surface area contributed by atoms with Crippen LogP contribution in [-0.4, -0.2) is 49.3 Å². The molecule has 0 atom stereocenters. The van der Waals surface area contributed by atoms with Crippen molar-refractivity contribution in [3.63, 3.8) is 0 Å². The Kier molecular flexibility index (Phi) is 5.22. The van der Waals surface area contributed by atoms with Crippen molar-refractivity contribution >= 4 is 11.5 Å². The number of hydrogen-bond donors (Lipinski definition) is 2. The number of Topliss-reactive ketones (excluding diaryl/α,β-unsaturated/α-hetero) is 1. The van der Waals surface area contributed by atoms with Crippen LogP contribution in [0.15, 0.2) is 43.0 Å². The molecular formula is C18H20FN7O. The number of alkyl halides is 1. The van der Waals surface area contributed by atoms with Gasteiger partial charge in [-0.1, -0.05) is 0 Å². The first kappa shape index (κ1) is 18.6. The molecule has 0 aliphatic rings. The molecule has 0 fully saturated rings. The van der Waals surface area contributed by atoms with Gasteiger partial charge in [0.2, 0.25) is 0 Å². The maximum absolute atomic E-state index is 12.9. The highest BCUT2D eigenvalue weighted by Gasteiger charge is 2.22.